The van der Waals surface area contributed by atoms with Gasteiger partial charge in [-0.2, -0.15) is 0 Å². The summed E-state index contributed by atoms with van der Waals surface area (Å²) < 4.78 is 5.31. The van der Waals surface area contributed by atoms with Gasteiger partial charge in [0.05, 0.1) is 30.0 Å². The molecule has 1 N–H and O–H groups in total. The second-order valence-corrected chi connectivity index (χ2v) is 4.57. The van der Waals surface area contributed by atoms with E-state index in [4.69, 9.17) is 4.74 Å². The lowest BCUT2D eigenvalue weighted by Gasteiger charge is -2.23. The van der Waals surface area contributed by atoms with E-state index in [2.05, 4.69) is 9.97 Å². The van der Waals surface area contributed by atoms with Crippen LogP contribution in [-0.4, -0.2) is 47.1 Å². The van der Waals surface area contributed by atoms with Crippen LogP contribution in [-0.2, 0) is 4.74 Å². The van der Waals surface area contributed by atoms with Gasteiger partial charge < -0.3 is 14.6 Å². The van der Waals surface area contributed by atoms with E-state index in [1.165, 1.54) is 0 Å². The molecule has 0 spiro atoms. The minimum Gasteiger partial charge on any atom is -0.379 e. The van der Waals surface area contributed by atoms with Gasteiger partial charge >= 0.3 is 0 Å². The first kappa shape index (κ1) is 11.2. The number of carbonyl (C=O) groups is 1. The predicted octanol–water partition coefficient (Wildman–Crippen LogP) is 1.42. The summed E-state index contributed by atoms with van der Waals surface area (Å²) in [6, 6.07) is 5.71. The van der Waals surface area contributed by atoms with E-state index in [0.29, 0.717) is 12.2 Å². The van der Waals surface area contributed by atoms with E-state index in [-0.39, 0.29) is 11.9 Å². The summed E-state index contributed by atoms with van der Waals surface area (Å²) in [5, 5.41) is 0. The molecule has 2 heterocycles. The second kappa shape index (κ2) is 4.42. The van der Waals surface area contributed by atoms with Gasteiger partial charge in [-0.05, 0) is 24.6 Å². The molecule has 1 unspecified atom stereocenters. The number of fused-ring (bicyclic) bond motifs is 1. The van der Waals surface area contributed by atoms with E-state index in [1.54, 1.807) is 11.2 Å². The molecule has 1 fully saturated rings. The molecule has 3 rings (SSSR count). The molecule has 1 saturated heterocycles. The first-order chi connectivity index (χ1) is 8.75. The van der Waals surface area contributed by atoms with Gasteiger partial charge in [-0.1, -0.05) is 0 Å². The fraction of sp³-hybridized carbons (Fsp3) is 0.385. The number of nitrogens with zero attached hydrogens (tertiary/aromatic N) is 2. The highest BCUT2D eigenvalue weighted by atomic mass is 16.5. The van der Waals surface area contributed by atoms with Crippen molar-refractivity contribution in [1.82, 2.24) is 14.9 Å². The van der Waals surface area contributed by atoms with Crippen molar-refractivity contribution in [2.75, 3.05) is 20.3 Å². The number of H-pyrrole nitrogens is 1. The van der Waals surface area contributed by atoms with Gasteiger partial charge in [-0.25, -0.2) is 4.98 Å². The summed E-state index contributed by atoms with van der Waals surface area (Å²) in [4.78, 5) is 21.3. The van der Waals surface area contributed by atoms with Crippen LogP contribution in [0, 0.1) is 0 Å². The Morgan fingerprint density at radius 3 is 3.22 bits per heavy atom. The Labute approximate surface area is 105 Å². The molecule has 2 aromatic rings. The summed E-state index contributed by atoms with van der Waals surface area (Å²) in [7, 11) is 1.83. The topological polar surface area (TPSA) is 58.2 Å². The summed E-state index contributed by atoms with van der Waals surface area (Å²) >= 11 is 0. The molecular weight excluding hydrogens is 230 g/mol. The van der Waals surface area contributed by atoms with Gasteiger partial charge in [-0.15, -0.1) is 0 Å². The van der Waals surface area contributed by atoms with Crippen molar-refractivity contribution >= 4 is 16.9 Å². The van der Waals surface area contributed by atoms with Crippen LogP contribution in [0.1, 0.15) is 16.8 Å². The summed E-state index contributed by atoms with van der Waals surface area (Å²) in [5.74, 6) is 0.0296. The van der Waals surface area contributed by atoms with Crippen molar-refractivity contribution in [2.24, 2.45) is 0 Å². The summed E-state index contributed by atoms with van der Waals surface area (Å²) in [6.45, 7) is 1.37. The number of aromatic amines is 1. The lowest BCUT2D eigenvalue weighted by Crippen LogP contribution is -2.37. The molecule has 5 heteroatoms. The number of rotatable bonds is 2. The van der Waals surface area contributed by atoms with Crippen LogP contribution in [0.3, 0.4) is 0 Å². The minimum absolute atomic E-state index is 0.0296. The van der Waals surface area contributed by atoms with E-state index >= 15 is 0 Å². The van der Waals surface area contributed by atoms with Gasteiger partial charge in [-0.3, -0.25) is 4.79 Å². The van der Waals surface area contributed by atoms with E-state index in [9.17, 15) is 4.79 Å². The monoisotopic (exact) mass is 245 g/mol. The van der Waals surface area contributed by atoms with Gasteiger partial charge in [0.1, 0.15) is 0 Å². The Bertz CT molecular complexity index is 572. The lowest BCUT2D eigenvalue weighted by molar-refractivity contribution is 0.0711. The Morgan fingerprint density at radius 2 is 2.44 bits per heavy atom. The third-order valence-corrected chi connectivity index (χ3v) is 3.44. The molecule has 1 amide bonds. The van der Waals surface area contributed by atoms with E-state index in [1.807, 2.05) is 25.2 Å². The molecule has 0 bridgehead atoms. The minimum atomic E-state index is 0.0296. The van der Waals surface area contributed by atoms with Gasteiger partial charge in [0, 0.05) is 19.2 Å². The second-order valence-electron chi connectivity index (χ2n) is 4.57. The smallest absolute Gasteiger partial charge is 0.254 e. The van der Waals surface area contributed by atoms with Crippen LogP contribution in [0.2, 0.25) is 0 Å². The fourth-order valence-electron chi connectivity index (χ4n) is 2.27. The van der Waals surface area contributed by atoms with Crippen LogP contribution in [0.4, 0.5) is 0 Å². The molecule has 1 aliphatic heterocycles. The Balaban J connectivity index is 1.86. The Kier molecular flexibility index (Phi) is 2.76. The zero-order chi connectivity index (χ0) is 12.5. The van der Waals surface area contributed by atoms with Crippen LogP contribution in [0.15, 0.2) is 24.5 Å². The van der Waals surface area contributed by atoms with E-state index < -0.39 is 0 Å². The van der Waals surface area contributed by atoms with Crippen LogP contribution >= 0.6 is 0 Å². The third kappa shape index (κ3) is 1.86. The number of nitrogens with one attached hydrogen (secondary N) is 1. The molecule has 0 aliphatic carbocycles. The van der Waals surface area contributed by atoms with Crippen molar-refractivity contribution in [3.05, 3.63) is 30.1 Å². The van der Waals surface area contributed by atoms with Crippen molar-refractivity contribution in [3.63, 3.8) is 0 Å². The molecule has 5 nitrogen and oxygen atoms in total. The fourth-order valence-corrected chi connectivity index (χ4v) is 2.27. The third-order valence-electron chi connectivity index (χ3n) is 3.44. The Morgan fingerprint density at radius 1 is 1.56 bits per heavy atom. The summed E-state index contributed by atoms with van der Waals surface area (Å²) in [6.07, 6.45) is 2.54. The average Bonchev–Trinajstić information content (AvgIpc) is 3.06. The number of amides is 1. The van der Waals surface area contributed by atoms with Crippen molar-refractivity contribution < 1.29 is 9.53 Å². The van der Waals surface area contributed by atoms with Crippen LogP contribution in [0.5, 0.6) is 0 Å². The number of likely N-dealkylation sites (N-methyl/N-ethyl adjacent to an activating group) is 1. The first-order valence-corrected chi connectivity index (χ1v) is 6.04. The quantitative estimate of drug-likeness (QED) is 0.870. The number of ether oxygens (including phenoxy) is 1. The number of hydrogen-bond donors (Lipinski definition) is 1. The molecule has 1 atom stereocenters. The maximum absolute atomic E-state index is 12.3. The Hall–Kier alpha value is -1.88. The zero-order valence-electron chi connectivity index (χ0n) is 10.2. The van der Waals surface area contributed by atoms with Crippen LogP contribution < -0.4 is 0 Å². The normalized spacial score (nSPS) is 19.3. The summed E-state index contributed by atoms with van der Waals surface area (Å²) in [5.41, 5.74) is 2.44. The molecule has 1 aromatic heterocycles. The number of carbonyl (C=O) groups excluding carboxylic acids is 1. The van der Waals surface area contributed by atoms with Crippen molar-refractivity contribution in [2.45, 2.75) is 12.5 Å². The zero-order valence-corrected chi connectivity index (χ0v) is 10.2. The number of imidazole rings is 1. The lowest BCUT2D eigenvalue weighted by atomic mass is 10.1. The average molecular weight is 245 g/mol. The van der Waals surface area contributed by atoms with Gasteiger partial charge in [0.25, 0.3) is 5.91 Å². The number of aromatic nitrogens is 2. The molecule has 1 aromatic carbocycles. The number of benzene rings is 1. The largest absolute Gasteiger partial charge is 0.379 e. The molecule has 0 radical (unpaired) electrons. The highest BCUT2D eigenvalue weighted by molar-refractivity contribution is 5.97. The van der Waals surface area contributed by atoms with E-state index in [0.717, 1.165) is 24.1 Å². The molecule has 94 valence electrons. The maximum atomic E-state index is 12.3. The predicted molar refractivity (Wildman–Crippen MR) is 67.4 cm³/mol. The number of hydrogen-bond acceptors (Lipinski definition) is 3. The highest BCUT2D eigenvalue weighted by Gasteiger charge is 2.24. The standard InChI is InChI=1S/C13H15N3O2/c1-16(10-4-5-18-7-10)13(17)9-2-3-11-12(6-9)15-8-14-11/h2-3,6,8,10H,4-5,7H2,1H3,(H,14,15). The SMILES string of the molecule is CN(C(=O)c1ccc2nc[nH]c2c1)C1CCOC1. The molecule has 1 aliphatic rings. The van der Waals surface area contributed by atoms with Crippen molar-refractivity contribution in [3.8, 4) is 0 Å². The first-order valence-electron chi connectivity index (χ1n) is 6.04. The van der Waals surface area contributed by atoms with Gasteiger partial charge in [0.2, 0.25) is 0 Å². The molecule has 0 saturated carbocycles. The highest BCUT2D eigenvalue weighted by Crippen LogP contribution is 2.17. The molecular formula is C13H15N3O2. The van der Waals surface area contributed by atoms with Crippen molar-refractivity contribution in [1.29, 1.82) is 0 Å². The maximum Gasteiger partial charge on any atom is 0.254 e. The van der Waals surface area contributed by atoms with Crippen LogP contribution in [0.25, 0.3) is 11.0 Å². The van der Waals surface area contributed by atoms with Gasteiger partial charge in [0.15, 0.2) is 0 Å². The molecule has 18 heavy (non-hydrogen) atoms.